The van der Waals surface area contributed by atoms with Crippen LogP contribution in [0.1, 0.15) is 70.7 Å². The van der Waals surface area contributed by atoms with E-state index in [1.54, 1.807) is 4.31 Å². The summed E-state index contributed by atoms with van der Waals surface area (Å²) in [5, 5.41) is 3.37. The van der Waals surface area contributed by atoms with Crippen molar-refractivity contribution >= 4 is 38.2 Å². The van der Waals surface area contributed by atoms with Gasteiger partial charge in [-0.05, 0) is 73.8 Å². The number of esters is 1. The number of fused-ring (bicyclic) bond motifs is 1. The molecule has 0 bridgehead atoms. The average molecular weight is 505 g/mol. The van der Waals surface area contributed by atoms with Gasteiger partial charge in [-0.15, -0.1) is 11.3 Å². The molecule has 1 N–H and O–H groups in total. The van der Waals surface area contributed by atoms with Gasteiger partial charge in [0, 0.05) is 23.5 Å². The average Bonchev–Trinajstić information content (AvgIpc) is 2.97. The van der Waals surface area contributed by atoms with Crippen LogP contribution in [0.5, 0.6) is 0 Å². The fourth-order valence-electron chi connectivity index (χ4n) is 5.05. The molecule has 9 heteroatoms. The monoisotopic (exact) mass is 504 g/mol. The molecule has 1 aliphatic carbocycles. The minimum absolute atomic E-state index is 0.184. The van der Waals surface area contributed by atoms with Crippen molar-refractivity contribution in [2.45, 2.75) is 57.3 Å². The summed E-state index contributed by atoms with van der Waals surface area (Å²) in [6.45, 7) is 5.15. The molecule has 2 heterocycles. The van der Waals surface area contributed by atoms with Crippen LogP contribution in [0.25, 0.3) is 0 Å². The highest BCUT2D eigenvalue weighted by molar-refractivity contribution is 7.89. The van der Waals surface area contributed by atoms with Gasteiger partial charge in [-0.2, -0.15) is 4.31 Å². The first-order valence-corrected chi connectivity index (χ1v) is 14.1. The first-order valence-electron chi connectivity index (χ1n) is 11.8. The number of nitrogens with zero attached hydrogens (tertiary/aromatic N) is 1. The summed E-state index contributed by atoms with van der Waals surface area (Å²) in [4.78, 5) is 26.8. The van der Waals surface area contributed by atoms with Crippen molar-refractivity contribution in [1.29, 1.82) is 0 Å². The Kier molecular flexibility index (Phi) is 7.45. The Morgan fingerprint density at radius 1 is 1.03 bits per heavy atom. The van der Waals surface area contributed by atoms with E-state index in [1.165, 1.54) is 42.7 Å². The van der Waals surface area contributed by atoms with Gasteiger partial charge in [0.1, 0.15) is 5.00 Å². The number of benzene rings is 1. The normalized spacial score (nSPS) is 21.4. The van der Waals surface area contributed by atoms with E-state index in [1.807, 2.05) is 0 Å². The lowest BCUT2D eigenvalue weighted by molar-refractivity contribution is 0.0601. The summed E-state index contributed by atoms with van der Waals surface area (Å²) in [7, 11) is -2.27. The molecule has 7 nitrogen and oxygen atoms in total. The number of hydrogen-bond acceptors (Lipinski definition) is 6. The van der Waals surface area contributed by atoms with Gasteiger partial charge in [-0.25, -0.2) is 13.2 Å². The lowest BCUT2D eigenvalue weighted by Gasteiger charge is -2.34. The molecule has 34 heavy (non-hydrogen) atoms. The van der Waals surface area contributed by atoms with Gasteiger partial charge in [-0.1, -0.05) is 20.3 Å². The molecule has 0 saturated carbocycles. The van der Waals surface area contributed by atoms with E-state index in [0.717, 1.165) is 49.0 Å². The number of hydrogen-bond donors (Lipinski definition) is 1. The number of anilines is 1. The number of thiophene rings is 1. The lowest BCUT2D eigenvalue weighted by atomic mass is 9.94. The van der Waals surface area contributed by atoms with Crippen molar-refractivity contribution in [3.8, 4) is 0 Å². The summed E-state index contributed by atoms with van der Waals surface area (Å²) in [6.07, 6.45) is 5.89. The maximum absolute atomic E-state index is 13.1. The molecule has 1 aromatic heterocycles. The molecule has 0 spiro atoms. The Hall–Kier alpha value is -2.23. The minimum Gasteiger partial charge on any atom is -0.465 e. The van der Waals surface area contributed by atoms with Crippen LogP contribution in [0.4, 0.5) is 5.00 Å². The Balaban J connectivity index is 1.54. The fraction of sp³-hybridized carbons (Fsp3) is 0.520. The Morgan fingerprint density at radius 2 is 1.68 bits per heavy atom. The molecule has 2 unspecified atom stereocenters. The van der Waals surface area contributed by atoms with E-state index in [-0.39, 0.29) is 10.8 Å². The lowest BCUT2D eigenvalue weighted by Crippen LogP contribution is -2.42. The SMILES string of the molecule is COC(=O)c1c(NC(=O)c2ccc(S(=O)(=O)N3CC(C)CC(C)C3)cc2)sc2c1CCCCC2. The molecule has 4 rings (SSSR count). The number of piperidine rings is 1. The zero-order valence-electron chi connectivity index (χ0n) is 19.9. The van der Waals surface area contributed by atoms with Crippen LogP contribution in [0.2, 0.25) is 0 Å². The van der Waals surface area contributed by atoms with Gasteiger partial charge in [0.2, 0.25) is 10.0 Å². The third-order valence-electron chi connectivity index (χ3n) is 6.63. The number of carbonyl (C=O) groups is 2. The molecule has 1 aromatic carbocycles. The maximum Gasteiger partial charge on any atom is 0.341 e. The number of rotatable bonds is 5. The molecule has 1 saturated heterocycles. The third kappa shape index (κ3) is 5.06. The highest BCUT2D eigenvalue weighted by Gasteiger charge is 2.32. The zero-order valence-corrected chi connectivity index (χ0v) is 21.6. The van der Waals surface area contributed by atoms with Crippen molar-refractivity contribution in [3.05, 3.63) is 45.8 Å². The number of methoxy groups -OCH3 is 1. The standard InChI is InChI=1S/C25H32N2O5S2/c1-16-13-17(2)15-27(14-16)34(30,31)19-11-9-18(10-12-19)23(28)26-24-22(25(29)32-3)20-7-5-4-6-8-21(20)33-24/h9-12,16-17H,4-8,13-15H2,1-3H3,(H,26,28). The maximum atomic E-state index is 13.1. The first kappa shape index (κ1) is 24.9. The molecule has 2 aliphatic rings. The molecule has 184 valence electrons. The van der Waals surface area contributed by atoms with E-state index >= 15 is 0 Å². The van der Waals surface area contributed by atoms with Gasteiger partial charge >= 0.3 is 5.97 Å². The molecule has 2 aromatic rings. The number of carbonyl (C=O) groups excluding carboxylic acids is 2. The van der Waals surface area contributed by atoms with Crippen molar-refractivity contribution in [1.82, 2.24) is 4.31 Å². The van der Waals surface area contributed by atoms with Gasteiger partial charge < -0.3 is 10.1 Å². The van der Waals surface area contributed by atoms with Crippen LogP contribution < -0.4 is 5.32 Å². The van der Waals surface area contributed by atoms with Gasteiger partial charge in [-0.3, -0.25) is 4.79 Å². The Morgan fingerprint density at radius 3 is 2.32 bits per heavy atom. The summed E-state index contributed by atoms with van der Waals surface area (Å²) < 4.78 is 32.8. The van der Waals surface area contributed by atoms with E-state index < -0.39 is 16.0 Å². The third-order valence-corrected chi connectivity index (χ3v) is 9.68. The van der Waals surface area contributed by atoms with Crippen molar-refractivity contribution in [2.75, 3.05) is 25.5 Å². The number of aryl methyl sites for hydroxylation is 1. The number of nitrogens with one attached hydrogen (secondary N) is 1. The molecule has 1 aliphatic heterocycles. The van der Waals surface area contributed by atoms with Crippen LogP contribution in [-0.2, 0) is 27.6 Å². The second kappa shape index (κ2) is 10.2. The van der Waals surface area contributed by atoms with E-state index in [0.29, 0.717) is 41.1 Å². The smallest absolute Gasteiger partial charge is 0.341 e. The fourth-order valence-corrected chi connectivity index (χ4v) is 8.01. The summed E-state index contributed by atoms with van der Waals surface area (Å²) in [5.74, 6) is -0.200. The molecule has 1 fully saturated rings. The van der Waals surface area contributed by atoms with Crippen LogP contribution in [-0.4, -0.2) is 44.8 Å². The highest BCUT2D eigenvalue weighted by atomic mass is 32.2. The second-order valence-electron chi connectivity index (χ2n) is 9.51. The summed E-state index contributed by atoms with van der Waals surface area (Å²) in [5.41, 5.74) is 1.76. The van der Waals surface area contributed by atoms with Gasteiger partial charge in [0.25, 0.3) is 5.91 Å². The molecular weight excluding hydrogens is 472 g/mol. The highest BCUT2D eigenvalue weighted by Crippen LogP contribution is 2.38. The number of ether oxygens (including phenoxy) is 1. The summed E-state index contributed by atoms with van der Waals surface area (Å²) >= 11 is 1.43. The minimum atomic E-state index is -3.61. The van der Waals surface area contributed by atoms with E-state index in [9.17, 15) is 18.0 Å². The molecule has 2 atom stereocenters. The van der Waals surface area contributed by atoms with E-state index in [4.69, 9.17) is 4.74 Å². The first-order chi connectivity index (χ1) is 16.2. The predicted octanol–water partition coefficient (Wildman–Crippen LogP) is 4.72. The largest absolute Gasteiger partial charge is 0.465 e. The van der Waals surface area contributed by atoms with Crippen molar-refractivity contribution in [2.24, 2.45) is 11.8 Å². The van der Waals surface area contributed by atoms with Crippen molar-refractivity contribution in [3.63, 3.8) is 0 Å². The topological polar surface area (TPSA) is 92.8 Å². The van der Waals surface area contributed by atoms with Crippen LogP contribution in [0, 0.1) is 11.8 Å². The van der Waals surface area contributed by atoms with Crippen LogP contribution in [0.15, 0.2) is 29.2 Å². The van der Waals surface area contributed by atoms with Gasteiger partial charge in [0.05, 0.1) is 17.6 Å². The number of amides is 1. The van der Waals surface area contributed by atoms with Crippen molar-refractivity contribution < 1.29 is 22.7 Å². The van der Waals surface area contributed by atoms with Crippen LogP contribution >= 0.6 is 11.3 Å². The molecular formula is C25H32N2O5S2. The number of sulfonamides is 1. The quantitative estimate of drug-likeness (QED) is 0.470. The zero-order chi connectivity index (χ0) is 24.5. The predicted molar refractivity (Wildman–Crippen MR) is 133 cm³/mol. The Bertz CT molecular complexity index is 1160. The second-order valence-corrected chi connectivity index (χ2v) is 12.5. The molecule has 1 amide bonds. The molecule has 0 radical (unpaired) electrons. The van der Waals surface area contributed by atoms with Crippen LogP contribution in [0.3, 0.4) is 0 Å². The van der Waals surface area contributed by atoms with E-state index in [2.05, 4.69) is 19.2 Å². The van der Waals surface area contributed by atoms with Gasteiger partial charge in [0.15, 0.2) is 0 Å². The summed E-state index contributed by atoms with van der Waals surface area (Å²) in [6, 6.07) is 6.02. The Labute approximate surface area is 205 Å².